The van der Waals surface area contributed by atoms with Crippen LogP contribution in [0.25, 0.3) is 0 Å². The van der Waals surface area contributed by atoms with E-state index in [1.807, 2.05) is 0 Å². The van der Waals surface area contributed by atoms with Crippen molar-refractivity contribution < 1.29 is 14.3 Å². The number of anilines is 1. The lowest BCUT2D eigenvalue weighted by molar-refractivity contribution is -0.120. The van der Waals surface area contributed by atoms with E-state index in [-0.39, 0.29) is 31.3 Å². The number of carbonyl (C=O) groups is 2. The Balaban J connectivity index is 0.00000361. The Morgan fingerprint density at radius 1 is 1.25 bits per heavy atom. The number of primary amides is 1. The largest absolute Gasteiger partial charge is 0.493 e. The van der Waals surface area contributed by atoms with E-state index in [1.54, 1.807) is 38.1 Å². The molecule has 1 rings (SSSR count). The highest BCUT2D eigenvalue weighted by Crippen LogP contribution is 2.16. The Kier molecular flexibility index (Phi) is 7.02. The van der Waals surface area contributed by atoms with Crippen molar-refractivity contribution in [2.75, 3.05) is 11.9 Å². The van der Waals surface area contributed by atoms with Crippen molar-refractivity contribution in [2.45, 2.75) is 25.8 Å². The summed E-state index contributed by atoms with van der Waals surface area (Å²) in [5, 5.41) is 2.69. The Bertz CT molecular complexity index is 455. The van der Waals surface area contributed by atoms with E-state index in [0.717, 1.165) is 0 Å². The second-order valence-electron chi connectivity index (χ2n) is 4.76. The molecule has 0 aliphatic carbocycles. The first kappa shape index (κ1) is 18.2. The first-order chi connectivity index (χ1) is 8.79. The van der Waals surface area contributed by atoms with Crippen molar-refractivity contribution in [1.82, 2.24) is 0 Å². The van der Waals surface area contributed by atoms with E-state index >= 15 is 0 Å². The van der Waals surface area contributed by atoms with Crippen LogP contribution in [0.3, 0.4) is 0 Å². The molecule has 5 N–H and O–H groups in total. The molecule has 0 bridgehead atoms. The van der Waals surface area contributed by atoms with Gasteiger partial charge in [0.25, 0.3) is 0 Å². The third-order valence-corrected chi connectivity index (χ3v) is 2.31. The molecule has 0 heterocycles. The van der Waals surface area contributed by atoms with Crippen molar-refractivity contribution in [3.8, 4) is 5.75 Å². The van der Waals surface area contributed by atoms with Gasteiger partial charge in [0.1, 0.15) is 5.75 Å². The number of rotatable bonds is 6. The van der Waals surface area contributed by atoms with Crippen LogP contribution in [0.5, 0.6) is 5.75 Å². The highest BCUT2D eigenvalue weighted by molar-refractivity contribution is 5.97. The summed E-state index contributed by atoms with van der Waals surface area (Å²) < 4.78 is 5.31. The van der Waals surface area contributed by atoms with Gasteiger partial charge in [-0.15, -0.1) is 12.4 Å². The van der Waals surface area contributed by atoms with Crippen molar-refractivity contribution in [2.24, 2.45) is 11.5 Å². The highest BCUT2D eigenvalue weighted by atomic mass is 35.5. The van der Waals surface area contributed by atoms with E-state index in [1.165, 1.54) is 0 Å². The molecule has 2 amide bonds. The molecule has 0 unspecified atom stereocenters. The van der Waals surface area contributed by atoms with E-state index in [2.05, 4.69) is 5.32 Å². The van der Waals surface area contributed by atoms with Gasteiger partial charge in [0, 0.05) is 5.69 Å². The molecule has 0 spiro atoms. The molecule has 0 saturated heterocycles. The average Bonchev–Trinajstić information content (AvgIpc) is 2.29. The molecular weight excluding hydrogens is 282 g/mol. The van der Waals surface area contributed by atoms with Gasteiger partial charge in [-0.2, -0.15) is 0 Å². The first-order valence-electron chi connectivity index (χ1n) is 5.90. The Morgan fingerprint density at radius 3 is 2.25 bits per heavy atom. The molecule has 7 heteroatoms. The molecular formula is C13H20ClN3O3. The van der Waals surface area contributed by atoms with Gasteiger partial charge in [-0.05, 0) is 38.1 Å². The van der Waals surface area contributed by atoms with Crippen molar-refractivity contribution in [3.63, 3.8) is 0 Å². The van der Waals surface area contributed by atoms with E-state index < -0.39 is 11.4 Å². The summed E-state index contributed by atoms with van der Waals surface area (Å²) in [4.78, 5) is 22.2. The molecule has 20 heavy (non-hydrogen) atoms. The van der Waals surface area contributed by atoms with Gasteiger partial charge >= 0.3 is 0 Å². The molecule has 0 saturated carbocycles. The maximum Gasteiger partial charge on any atom is 0.243 e. The lowest BCUT2D eigenvalue weighted by Gasteiger charge is -2.17. The second kappa shape index (κ2) is 7.72. The zero-order valence-electron chi connectivity index (χ0n) is 11.5. The second-order valence-corrected chi connectivity index (χ2v) is 4.76. The van der Waals surface area contributed by atoms with E-state index in [4.69, 9.17) is 16.2 Å². The minimum atomic E-state index is -0.934. The van der Waals surface area contributed by atoms with Gasteiger partial charge in [-0.1, -0.05) is 0 Å². The maximum atomic E-state index is 11.6. The molecule has 112 valence electrons. The normalized spacial score (nSPS) is 10.3. The van der Waals surface area contributed by atoms with Crippen LogP contribution in [-0.4, -0.2) is 24.0 Å². The maximum absolute atomic E-state index is 11.6. The lowest BCUT2D eigenvalue weighted by atomic mass is 10.1. The summed E-state index contributed by atoms with van der Waals surface area (Å²) in [6.07, 6.45) is 0.167. The molecule has 1 aromatic rings. The minimum absolute atomic E-state index is 0. The number of nitrogens with two attached hydrogens (primary N) is 2. The van der Waals surface area contributed by atoms with Crippen molar-refractivity contribution >= 4 is 29.9 Å². The minimum Gasteiger partial charge on any atom is -0.493 e. The quantitative estimate of drug-likeness (QED) is 0.729. The van der Waals surface area contributed by atoms with Crippen LogP contribution in [0.1, 0.15) is 20.3 Å². The fourth-order valence-corrected chi connectivity index (χ4v) is 1.20. The summed E-state index contributed by atoms with van der Waals surface area (Å²) in [5.74, 6) is -0.0739. The molecule has 6 nitrogen and oxygen atoms in total. The number of nitrogens with one attached hydrogen (secondary N) is 1. The summed E-state index contributed by atoms with van der Waals surface area (Å²) in [6, 6.07) is 6.78. The van der Waals surface area contributed by atoms with Gasteiger partial charge < -0.3 is 21.5 Å². The fraction of sp³-hybridized carbons (Fsp3) is 0.385. The number of carbonyl (C=O) groups excluding carboxylic acids is 2. The van der Waals surface area contributed by atoms with Gasteiger partial charge in [-0.25, -0.2) is 0 Å². The topological polar surface area (TPSA) is 107 Å². The molecule has 1 aromatic carbocycles. The third kappa shape index (κ3) is 6.40. The lowest BCUT2D eigenvalue weighted by Crippen LogP contribution is -2.45. The fourth-order valence-electron chi connectivity index (χ4n) is 1.20. The molecule has 0 aliphatic rings. The molecule has 0 aromatic heterocycles. The predicted molar refractivity (Wildman–Crippen MR) is 79.9 cm³/mol. The monoisotopic (exact) mass is 301 g/mol. The highest BCUT2D eigenvalue weighted by Gasteiger charge is 2.21. The number of amides is 2. The van der Waals surface area contributed by atoms with Crippen LogP contribution >= 0.6 is 12.4 Å². The smallest absolute Gasteiger partial charge is 0.243 e. The number of benzene rings is 1. The predicted octanol–water partition coefficient (Wildman–Crippen LogP) is 1.04. The van der Waals surface area contributed by atoms with Crippen LogP contribution in [0, 0.1) is 0 Å². The van der Waals surface area contributed by atoms with Crippen LogP contribution in [0.2, 0.25) is 0 Å². The summed E-state index contributed by atoms with van der Waals surface area (Å²) in [6.45, 7) is 3.49. The van der Waals surface area contributed by atoms with Gasteiger partial charge in [-0.3, -0.25) is 9.59 Å². The molecule has 0 fully saturated rings. The van der Waals surface area contributed by atoms with E-state index in [9.17, 15) is 9.59 Å². The Morgan fingerprint density at radius 2 is 1.80 bits per heavy atom. The summed E-state index contributed by atoms with van der Waals surface area (Å²) in [5.41, 5.74) is 10.4. The van der Waals surface area contributed by atoms with Crippen LogP contribution in [0.15, 0.2) is 24.3 Å². The van der Waals surface area contributed by atoms with Gasteiger partial charge in [0.15, 0.2) is 0 Å². The Labute approximate surface area is 124 Å². The zero-order valence-corrected chi connectivity index (χ0v) is 12.3. The standard InChI is InChI=1S/C13H19N3O3.ClH/c1-13(2,15)12(18)16-9-3-5-10(6-4-9)19-8-7-11(14)17;/h3-6H,7-8,15H2,1-2H3,(H2,14,17)(H,16,18);1H. The van der Waals surface area contributed by atoms with Crippen LogP contribution in [-0.2, 0) is 9.59 Å². The van der Waals surface area contributed by atoms with Crippen LogP contribution in [0.4, 0.5) is 5.69 Å². The molecule has 0 atom stereocenters. The summed E-state index contributed by atoms with van der Waals surface area (Å²) in [7, 11) is 0. The zero-order chi connectivity index (χ0) is 14.5. The Hall–Kier alpha value is -1.79. The number of halogens is 1. The van der Waals surface area contributed by atoms with Crippen molar-refractivity contribution in [1.29, 1.82) is 0 Å². The van der Waals surface area contributed by atoms with Gasteiger partial charge in [0.2, 0.25) is 11.8 Å². The molecule has 0 aliphatic heterocycles. The molecule has 0 radical (unpaired) electrons. The number of hydrogen-bond donors (Lipinski definition) is 3. The number of hydrogen-bond acceptors (Lipinski definition) is 4. The van der Waals surface area contributed by atoms with Crippen LogP contribution < -0.4 is 21.5 Å². The van der Waals surface area contributed by atoms with Crippen molar-refractivity contribution in [3.05, 3.63) is 24.3 Å². The first-order valence-corrected chi connectivity index (χ1v) is 5.90. The van der Waals surface area contributed by atoms with E-state index in [0.29, 0.717) is 11.4 Å². The third-order valence-electron chi connectivity index (χ3n) is 2.31. The summed E-state index contributed by atoms with van der Waals surface area (Å²) >= 11 is 0. The number of ether oxygens (including phenoxy) is 1. The SMILES string of the molecule is CC(C)(N)C(=O)Nc1ccc(OCCC(N)=O)cc1.Cl. The average molecular weight is 302 g/mol. The van der Waals surface area contributed by atoms with Gasteiger partial charge in [0.05, 0.1) is 18.6 Å².